The Kier molecular flexibility index (Phi) is 2.78. The van der Waals surface area contributed by atoms with Crippen molar-refractivity contribution in [1.82, 2.24) is 0 Å². The molecule has 0 aliphatic heterocycles. The molecule has 0 bridgehead atoms. The first-order chi connectivity index (χ1) is 5.38. The predicted octanol–water partition coefficient (Wildman–Crippen LogP) is 2.96. The third-order valence-corrected chi connectivity index (χ3v) is 1.58. The van der Waals surface area contributed by atoms with Crippen molar-refractivity contribution in [1.29, 1.82) is 0 Å². The molecular weight excluding hydrogens is 136 g/mol. The van der Waals surface area contributed by atoms with Crippen LogP contribution in [-0.2, 0) is 6.42 Å². The molecule has 0 heterocycles. The van der Waals surface area contributed by atoms with Gasteiger partial charge in [0.25, 0.3) is 0 Å². The number of benzene rings is 1. The maximum absolute atomic E-state index is 4.00. The van der Waals surface area contributed by atoms with Crippen molar-refractivity contribution >= 4 is 5.69 Å². The van der Waals surface area contributed by atoms with Crippen molar-refractivity contribution in [2.24, 2.45) is 10.2 Å². The minimum atomic E-state index is 0.984. The highest BCUT2D eigenvalue weighted by atomic mass is 15.1. The summed E-state index contributed by atoms with van der Waals surface area (Å²) in [4.78, 5) is 0. The molecule has 0 spiro atoms. The molecule has 2 heteroatoms. The number of hydrogen-bond donors (Lipinski definition) is 0. The van der Waals surface area contributed by atoms with Crippen LogP contribution >= 0.6 is 0 Å². The van der Waals surface area contributed by atoms with E-state index in [1.165, 1.54) is 5.56 Å². The maximum atomic E-state index is 4.00. The highest BCUT2D eigenvalue weighted by Crippen LogP contribution is 2.18. The fourth-order valence-corrected chi connectivity index (χ4v) is 1.02. The number of aryl methyl sites for hydroxylation is 1. The lowest BCUT2D eigenvalue weighted by Gasteiger charge is -1.98. The van der Waals surface area contributed by atoms with Crippen molar-refractivity contribution in [3.05, 3.63) is 29.8 Å². The van der Waals surface area contributed by atoms with Gasteiger partial charge in [0.2, 0.25) is 0 Å². The van der Waals surface area contributed by atoms with E-state index >= 15 is 0 Å². The van der Waals surface area contributed by atoms with Crippen molar-refractivity contribution in [2.75, 3.05) is 7.05 Å². The first kappa shape index (κ1) is 7.92. The molecule has 0 unspecified atom stereocenters. The molecular formula is C9H12N2. The first-order valence-electron chi connectivity index (χ1n) is 3.76. The molecule has 0 fully saturated rings. The molecule has 0 aliphatic rings. The molecule has 1 aromatic carbocycles. The highest BCUT2D eigenvalue weighted by molar-refractivity contribution is 5.44. The number of rotatable bonds is 2. The molecule has 0 aliphatic carbocycles. The molecule has 0 atom stereocenters. The summed E-state index contributed by atoms with van der Waals surface area (Å²) in [6.45, 7) is 2.12. The summed E-state index contributed by atoms with van der Waals surface area (Å²) in [6, 6.07) is 8.05. The first-order valence-corrected chi connectivity index (χ1v) is 3.76. The quantitative estimate of drug-likeness (QED) is 0.576. The van der Waals surface area contributed by atoms with Crippen LogP contribution in [0.15, 0.2) is 34.5 Å². The summed E-state index contributed by atoms with van der Waals surface area (Å²) in [5.74, 6) is 0. The van der Waals surface area contributed by atoms with E-state index in [2.05, 4.69) is 23.2 Å². The zero-order valence-corrected chi connectivity index (χ0v) is 6.91. The number of hydrogen-bond acceptors (Lipinski definition) is 2. The lowest BCUT2D eigenvalue weighted by molar-refractivity contribution is 1.09. The van der Waals surface area contributed by atoms with Crippen LogP contribution in [0.3, 0.4) is 0 Å². The molecule has 0 saturated heterocycles. The van der Waals surface area contributed by atoms with Crippen molar-refractivity contribution in [3.8, 4) is 0 Å². The van der Waals surface area contributed by atoms with E-state index in [0.29, 0.717) is 0 Å². The monoisotopic (exact) mass is 148 g/mol. The molecule has 1 aromatic rings. The van der Waals surface area contributed by atoms with Gasteiger partial charge in [0.05, 0.1) is 5.69 Å². The Bertz CT molecular complexity index is 253. The van der Waals surface area contributed by atoms with E-state index in [0.717, 1.165) is 12.1 Å². The van der Waals surface area contributed by atoms with Gasteiger partial charge in [-0.25, -0.2) is 0 Å². The summed E-state index contributed by atoms with van der Waals surface area (Å²) in [5.41, 5.74) is 2.23. The normalized spacial score (nSPS) is 10.7. The van der Waals surface area contributed by atoms with Gasteiger partial charge in [0.15, 0.2) is 0 Å². The molecule has 0 radical (unpaired) electrons. The SMILES string of the molecule is CCc1ccccc1N=NC. The third-order valence-electron chi connectivity index (χ3n) is 1.58. The zero-order chi connectivity index (χ0) is 8.10. The lowest BCUT2D eigenvalue weighted by Crippen LogP contribution is -1.78. The Morgan fingerprint density at radius 3 is 2.64 bits per heavy atom. The molecule has 2 nitrogen and oxygen atoms in total. The summed E-state index contributed by atoms with van der Waals surface area (Å²) in [7, 11) is 1.69. The van der Waals surface area contributed by atoms with Gasteiger partial charge in [-0.3, -0.25) is 0 Å². The Morgan fingerprint density at radius 2 is 2.00 bits per heavy atom. The van der Waals surface area contributed by atoms with Crippen LogP contribution in [0.2, 0.25) is 0 Å². The molecule has 0 aromatic heterocycles. The average Bonchev–Trinajstić information content (AvgIpc) is 2.06. The highest BCUT2D eigenvalue weighted by Gasteiger charge is 1.95. The molecule has 0 N–H and O–H groups in total. The summed E-state index contributed by atoms with van der Waals surface area (Å²) in [6.07, 6.45) is 1.01. The number of azo groups is 1. The van der Waals surface area contributed by atoms with Gasteiger partial charge in [-0.15, -0.1) is 0 Å². The Labute approximate surface area is 67.0 Å². The molecule has 1 rings (SSSR count). The molecule has 11 heavy (non-hydrogen) atoms. The van der Waals surface area contributed by atoms with E-state index in [9.17, 15) is 0 Å². The second kappa shape index (κ2) is 3.86. The van der Waals surface area contributed by atoms with Gasteiger partial charge in [0.1, 0.15) is 0 Å². The van der Waals surface area contributed by atoms with Crippen LogP contribution in [-0.4, -0.2) is 7.05 Å². The second-order valence-corrected chi connectivity index (χ2v) is 2.28. The fraction of sp³-hybridized carbons (Fsp3) is 0.333. The third kappa shape index (κ3) is 1.87. The van der Waals surface area contributed by atoms with Crippen molar-refractivity contribution in [2.45, 2.75) is 13.3 Å². The minimum absolute atomic E-state index is 0.984. The second-order valence-electron chi connectivity index (χ2n) is 2.28. The molecule has 0 saturated carbocycles. The Balaban J connectivity index is 3.02. The van der Waals surface area contributed by atoms with Gasteiger partial charge in [-0.1, -0.05) is 25.1 Å². The van der Waals surface area contributed by atoms with E-state index in [1.807, 2.05) is 18.2 Å². The predicted molar refractivity (Wildman–Crippen MR) is 46.3 cm³/mol. The summed E-state index contributed by atoms with van der Waals surface area (Å²) < 4.78 is 0. The topological polar surface area (TPSA) is 24.7 Å². The standard InChI is InChI=1S/C9H12N2/c1-3-8-6-4-5-7-9(8)11-10-2/h4-7H,3H2,1-2H3. The minimum Gasteiger partial charge on any atom is -0.192 e. The Hall–Kier alpha value is -1.18. The smallest absolute Gasteiger partial charge is 0.0884 e. The van der Waals surface area contributed by atoms with Crippen LogP contribution in [0.5, 0.6) is 0 Å². The Morgan fingerprint density at radius 1 is 1.27 bits per heavy atom. The molecule has 0 amide bonds. The van der Waals surface area contributed by atoms with Crippen LogP contribution in [0.4, 0.5) is 5.69 Å². The largest absolute Gasteiger partial charge is 0.192 e. The maximum Gasteiger partial charge on any atom is 0.0884 e. The van der Waals surface area contributed by atoms with Gasteiger partial charge >= 0.3 is 0 Å². The van der Waals surface area contributed by atoms with E-state index in [4.69, 9.17) is 0 Å². The zero-order valence-electron chi connectivity index (χ0n) is 6.91. The van der Waals surface area contributed by atoms with E-state index in [-0.39, 0.29) is 0 Å². The summed E-state index contributed by atoms with van der Waals surface area (Å²) in [5, 5.41) is 7.74. The van der Waals surface area contributed by atoms with Gasteiger partial charge in [0, 0.05) is 7.05 Å². The van der Waals surface area contributed by atoms with Gasteiger partial charge < -0.3 is 0 Å². The van der Waals surface area contributed by atoms with E-state index in [1.54, 1.807) is 7.05 Å². The summed E-state index contributed by atoms with van der Waals surface area (Å²) >= 11 is 0. The fourth-order valence-electron chi connectivity index (χ4n) is 1.02. The van der Waals surface area contributed by atoms with Crippen LogP contribution < -0.4 is 0 Å². The lowest BCUT2D eigenvalue weighted by atomic mass is 10.1. The van der Waals surface area contributed by atoms with Crippen molar-refractivity contribution < 1.29 is 0 Å². The van der Waals surface area contributed by atoms with Crippen LogP contribution in [0.1, 0.15) is 12.5 Å². The van der Waals surface area contributed by atoms with Crippen LogP contribution in [0.25, 0.3) is 0 Å². The van der Waals surface area contributed by atoms with Crippen LogP contribution in [0, 0.1) is 0 Å². The van der Waals surface area contributed by atoms with Gasteiger partial charge in [-0.2, -0.15) is 10.2 Å². The van der Waals surface area contributed by atoms with Crippen molar-refractivity contribution in [3.63, 3.8) is 0 Å². The van der Waals surface area contributed by atoms with E-state index < -0.39 is 0 Å². The van der Waals surface area contributed by atoms with Gasteiger partial charge in [-0.05, 0) is 18.1 Å². The molecule has 58 valence electrons. The average molecular weight is 148 g/mol. The number of nitrogens with zero attached hydrogens (tertiary/aromatic N) is 2.